The Kier molecular flexibility index (Phi) is 3.10. The number of fused-ring (bicyclic) bond motifs is 2. The predicted molar refractivity (Wildman–Crippen MR) is 79.7 cm³/mol. The highest BCUT2D eigenvalue weighted by atomic mass is 16.4. The molecule has 0 unspecified atom stereocenters. The van der Waals surface area contributed by atoms with Gasteiger partial charge in [-0.15, -0.1) is 0 Å². The monoisotopic (exact) mass is 283 g/mol. The van der Waals surface area contributed by atoms with Gasteiger partial charge in [0.15, 0.2) is 11.3 Å². The van der Waals surface area contributed by atoms with Crippen LogP contribution >= 0.6 is 0 Å². The van der Waals surface area contributed by atoms with Crippen molar-refractivity contribution in [2.75, 3.05) is 6.54 Å². The summed E-state index contributed by atoms with van der Waals surface area (Å²) >= 11 is 0. The largest absolute Gasteiger partial charge is 0.504 e. The topological polar surface area (TPSA) is 79.5 Å². The number of aromatic hydroxyl groups is 1. The van der Waals surface area contributed by atoms with Crippen molar-refractivity contribution in [3.63, 3.8) is 0 Å². The minimum absolute atomic E-state index is 0.102. The molecule has 0 aliphatic rings. The van der Waals surface area contributed by atoms with E-state index in [1.54, 1.807) is 24.3 Å². The second kappa shape index (κ2) is 4.94. The van der Waals surface area contributed by atoms with Crippen molar-refractivity contribution >= 4 is 27.8 Å². The summed E-state index contributed by atoms with van der Waals surface area (Å²) < 4.78 is 5.60. The molecule has 3 aromatic rings. The zero-order valence-corrected chi connectivity index (χ0v) is 11.3. The van der Waals surface area contributed by atoms with Crippen LogP contribution in [0.4, 0.5) is 0 Å². The first-order valence-electron chi connectivity index (χ1n) is 6.58. The van der Waals surface area contributed by atoms with Crippen LogP contribution in [0.5, 0.6) is 5.75 Å². The molecule has 0 aliphatic carbocycles. The van der Waals surface area contributed by atoms with Crippen LogP contribution in [0.15, 0.2) is 45.6 Å². The van der Waals surface area contributed by atoms with Crippen LogP contribution in [0, 0.1) is 0 Å². The van der Waals surface area contributed by atoms with Gasteiger partial charge in [0.2, 0.25) is 5.43 Å². The second-order valence-electron chi connectivity index (χ2n) is 4.66. The van der Waals surface area contributed by atoms with E-state index < -0.39 is 0 Å². The Balaban J connectivity index is 2.31. The molecular weight excluding hydrogens is 270 g/mol. The predicted octanol–water partition coefficient (Wildman–Crippen LogP) is 2.40. The number of hydrogen-bond acceptors (Lipinski definition) is 4. The van der Waals surface area contributed by atoms with Gasteiger partial charge in [-0.1, -0.05) is 6.07 Å². The van der Waals surface area contributed by atoms with Gasteiger partial charge in [-0.2, -0.15) is 0 Å². The van der Waals surface area contributed by atoms with Gasteiger partial charge < -0.3 is 14.8 Å². The molecule has 0 aliphatic heterocycles. The van der Waals surface area contributed by atoms with Crippen LogP contribution in [-0.4, -0.2) is 17.6 Å². The Morgan fingerprint density at radius 3 is 2.81 bits per heavy atom. The normalized spacial score (nSPS) is 10.9. The fourth-order valence-corrected chi connectivity index (χ4v) is 2.26. The summed E-state index contributed by atoms with van der Waals surface area (Å²) in [5.41, 5.74) is 0.577. The Bertz CT molecular complexity index is 911. The number of amides is 1. The lowest BCUT2D eigenvalue weighted by Gasteiger charge is -2.05. The van der Waals surface area contributed by atoms with Crippen molar-refractivity contribution < 1.29 is 14.3 Å². The molecule has 1 heterocycles. The third kappa shape index (κ3) is 2.12. The fourth-order valence-electron chi connectivity index (χ4n) is 2.26. The molecule has 0 saturated heterocycles. The Hall–Kier alpha value is -2.82. The number of hydrogen-bond donors (Lipinski definition) is 2. The van der Waals surface area contributed by atoms with Crippen LogP contribution in [-0.2, 0) is 0 Å². The lowest BCUT2D eigenvalue weighted by Crippen LogP contribution is -2.22. The third-order valence-corrected chi connectivity index (χ3v) is 3.28. The average molecular weight is 283 g/mol. The number of phenols is 1. The molecule has 106 valence electrons. The summed E-state index contributed by atoms with van der Waals surface area (Å²) in [6.45, 7) is 2.34. The minimum atomic E-state index is -0.237. The number of carbonyl (C=O) groups is 1. The molecule has 2 aromatic carbocycles. The molecule has 1 amide bonds. The molecule has 5 heteroatoms. The minimum Gasteiger partial charge on any atom is -0.504 e. The maximum absolute atomic E-state index is 12.4. The zero-order chi connectivity index (χ0) is 15.0. The molecule has 0 atom stereocenters. The SMILES string of the molecule is CCNC(=O)c1ccc2c(=O)c3cccc(O)c3oc2c1. The van der Waals surface area contributed by atoms with Crippen LogP contribution in [0.3, 0.4) is 0 Å². The molecule has 5 nitrogen and oxygen atoms in total. The highest BCUT2D eigenvalue weighted by Crippen LogP contribution is 2.26. The van der Waals surface area contributed by atoms with Gasteiger partial charge in [-0.25, -0.2) is 0 Å². The van der Waals surface area contributed by atoms with Gasteiger partial charge in [0.25, 0.3) is 5.91 Å². The van der Waals surface area contributed by atoms with Crippen molar-refractivity contribution in [3.05, 3.63) is 52.2 Å². The molecule has 2 N–H and O–H groups in total. The maximum Gasteiger partial charge on any atom is 0.251 e. The first-order chi connectivity index (χ1) is 10.1. The summed E-state index contributed by atoms with van der Waals surface area (Å²) in [5.74, 6) is -0.339. The van der Waals surface area contributed by atoms with Gasteiger partial charge in [0.1, 0.15) is 5.58 Å². The number of phenolic OH excluding ortho intramolecular Hbond substituents is 1. The first-order valence-corrected chi connectivity index (χ1v) is 6.58. The van der Waals surface area contributed by atoms with E-state index in [9.17, 15) is 14.7 Å². The van der Waals surface area contributed by atoms with Crippen molar-refractivity contribution in [3.8, 4) is 5.75 Å². The molecule has 0 radical (unpaired) electrons. The van der Waals surface area contributed by atoms with Gasteiger partial charge in [-0.05, 0) is 37.3 Å². The lowest BCUT2D eigenvalue weighted by atomic mass is 10.1. The summed E-state index contributed by atoms with van der Waals surface area (Å²) in [6.07, 6.45) is 0. The first kappa shape index (κ1) is 13.2. The molecule has 0 bridgehead atoms. The lowest BCUT2D eigenvalue weighted by molar-refractivity contribution is 0.0956. The van der Waals surface area contributed by atoms with E-state index in [4.69, 9.17) is 4.42 Å². The van der Waals surface area contributed by atoms with E-state index in [-0.39, 0.29) is 28.3 Å². The standard InChI is InChI=1S/C16H13NO4/c1-2-17-16(20)9-6-7-10-13(8-9)21-15-11(14(10)19)4-3-5-12(15)18/h3-8,18H,2H2,1H3,(H,17,20). The molecular formula is C16H13NO4. The van der Waals surface area contributed by atoms with Crippen molar-refractivity contribution in [1.82, 2.24) is 5.32 Å². The molecule has 21 heavy (non-hydrogen) atoms. The summed E-state index contributed by atoms with van der Waals surface area (Å²) in [6, 6.07) is 9.29. The molecule has 0 fully saturated rings. The van der Waals surface area contributed by atoms with E-state index >= 15 is 0 Å². The van der Waals surface area contributed by atoms with Gasteiger partial charge in [0, 0.05) is 12.1 Å². The number of benzene rings is 2. The molecule has 3 rings (SSSR count). The number of nitrogens with one attached hydrogen (secondary N) is 1. The number of carbonyl (C=O) groups excluding carboxylic acids is 1. The van der Waals surface area contributed by atoms with Crippen LogP contribution in [0.2, 0.25) is 0 Å². The molecule has 0 saturated carbocycles. The second-order valence-corrected chi connectivity index (χ2v) is 4.66. The van der Waals surface area contributed by atoms with Gasteiger partial charge in [-0.3, -0.25) is 9.59 Å². The van der Waals surface area contributed by atoms with Gasteiger partial charge >= 0.3 is 0 Å². The van der Waals surface area contributed by atoms with Crippen LogP contribution < -0.4 is 10.7 Å². The van der Waals surface area contributed by atoms with Crippen molar-refractivity contribution in [2.24, 2.45) is 0 Å². The Morgan fingerprint density at radius 1 is 1.24 bits per heavy atom. The number of para-hydroxylation sites is 1. The Labute approximate surface area is 119 Å². The van der Waals surface area contributed by atoms with Gasteiger partial charge in [0.05, 0.1) is 10.8 Å². The highest BCUT2D eigenvalue weighted by molar-refractivity contribution is 5.99. The quantitative estimate of drug-likeness (QED) is 0.708. The maximum atomic E-state index is 12.4. The van der Waals surface area contributed by atoms with Crippen molar-refractivity contribution in [1.29, 1.82) is 0 Å². The van der Waals surface area contributed by atoms with E-state index in [1.165, 1.54) is 12.1 Å². The Morgan fingerprint density at radius 2 is 2.05 bits per heavy atom. The van der Waals surface area contributed by atoms with Crippen LogP contribution in [0.25, 0.3) is 21.9 Å². The van der Waals surface area contributed by atoms with Crippen molar-refractivity contribution in [2.45, 2.75) is 6.92 Å². The molecule has 1 aromatic heterocycles. The molecule has 0 spiro atoms. The average Bonchev–Trinajstić information content (AvgIpc) is 2.48. The fraction of sp³-hybridized carbons (Fsp3) is 0.125. The van der Waals surface area contributed by atoms with Crippen LogP contribution in [0.1, 0.15) is 17.3 Å². The number of rotatable bonds is 2. The third-order valence-electron chi connectivity index (χ3n) is 3.28. The summed E-state index contributed by atoms with van der Waals surface area (Å²) in [7, 11) is 0. The van der Waals surface area contributed by atoms with E-state index in [0.717, 1.165) is 0 Å². The summed E-state index contributed by atoms with van der Waals surface area (Å²) in [4.78, 5) is 24.2. The van der Waals surface area contributed by atoms with E-state index in [2.05, 4.69) is 5.32 Å². The summed E-state index contributed by atoms with van der Waals surface area (Å²) in [5, 5.41) is 13.2. The smallest absolute Gasteiger partial charge is 0.251 e. The van der Waals surface area contributed by atoms with E-state index in [0.29, 0.717) is 22.9 Å². The highest BCUT2D eigenvalue weighted by Gasteiger charge is 2.12. The van der Waals surface area contributed by atoms with E-state index in [1.807, 2.05) is 6.92 Å². The zero-order valence-electron chi connectivity index (χ0n) is 11.3.